The Balaban J connectivity index is 1.39. The molecular formula is C18H22N6O. The van der Waals surface area contributed by atoms with Crippen molar-refractivity contribution in [3.8, 4) is 0 Å². The first-order valence-corrected chi connectivity index (χ1v) is 8.83. The van der Waals surface area contributed by atoms with Gasteiger partial charge in [-0.3, -0.25) is 9.78 Å². The lowest BCUT2D eigenvalue weighted by Crippen LogP contribution is -2.46. The quantitative estimate of drug-likeness (QED) is 0.847. The summed E-state index contributed by atoms with van der Waals surface area (Å²) in [6, 6.07) is 1.94. The lowest BCUT2D eigenvalue weighted by molar-refractivity contribution is 0.0702. The molecule has 130 valence electrons. The van der Waals surface area contributed by atoms with Crippen molar-refractivity contribution in [2.75, 3.05) is 25.0 Å². The van der Waals surface area contributed by atoms with Crippen LogP contribution in [0.4, 0.5) is 5.82 Å². The number of hydrogen-bond donors (Lipinski definition) is 0. The number of rotatable bonds is 4. The van der Waals surface area contributed by atoms with Gasteiger partial charge in [0.2, 0.25) is 0 Å². The van der Waals surface area contributed by atoms with E-state index in [2.05, 4.69) is 24.8 Å². The fourth-order valence-electron chi connectivity index (χ4n) is 3.31. The summed E-state index contributed by atoms with van der Waals surface area (Å²) in [4.78, 5) is 34.1. The van der Waals surface area contributed by atoms with Gasteiger partial charge in [0.05, 0.1) is 6.20 Å². The summed E-state index contributed by atoms with van der Waals surface area (Å²) in [5, 5.41) is 0. The number of carbonyl (C=O) groups is 1. The highest BCUT2D eigenvalue weighted by Crippen LogP contribution is 2.37. The Bertz CT molecular complexity index is 740. The summed E-state index contributed by atoms with van der Waals surface area (Å²) < 4.78 is 0. The zero-order valence-electron chi connectivity index (χ0n) is 14.4. The minimum Gasteiger partial charge on any atom is -0.355 e. The van der Waals surface area contributed by atoms with Gasteiger partial charge in [-0.1, -0.05) is 0 Å². The highest BCUT2D eigenvalue weighted by molar-refractivity contribution is 5.92. The molecule has 1 saturated heterocycles. The van der Waals surface area contributed by atoms with Gasteiger partial charge in [-0.2, -0.15) is 0 Å². The number of amides is 1. The highest BCUT2D eigenvalue weighted by Gasteiger charge is 2.30. The van der Waals surface area contributed by atoms with Crippen LogP contribution >= 0.6 is 0 Å². The van der Waals surface area contributed by atoms with E-state index in [-0.39, 0.29) is 11.9 Å². The van der Waals surface area contributed by atoms with Crippen molar-refractivity contribution in [1.82, 2.24) is 24.8 Å². The van der Waals surface area contributed by atoms with Crippen molar-refractivity contribution in [3.63, 3.8) is 0 Å². The normalized spacial score (nSPS) is 18.2. The van der Waals surface area contributed by atoms with Crippen molar-refractivity contribution in [1.29, 1.82) is 0 Å². The van der Waals surface area contributed by atoms with Crippen LogP contribution in [0.15, 0.2) is 30.9 Å². The predicted octanol–water partition coefficient (Wildman–Crippen LogP) is 1.89. The van der Waals surface area contributed by atoms with Gasteiger partial charge in [0.1, 0.15) is 17.3 Å². The molecule has 0 N–H and O–H groups in total. The van der Waals surface area contributed by atoms with Crippen molar-refractivity contribution in [2.24, 2.45) is 0 Å². The summed E-state index contributed by atoms with van der Waals surface area (Å²) in [5.74, 6) is 2.16. The lowest BCUT2D eigenvalue weighted by Gasteiger charge is -2.37. The minimum atomic E-state index is -0.0118. The van der Waals surface area contributed by atoms with E-state index in [4.69, 9.17) is 0 Å². The number of aromatic nitrogens is 4. The molecule has 0 atom stereocenters. The first-order valence-electron chi connectivity index (χ1n) is 8.83. The van der Waals surface area contributed by atoms with Gasteiger partial charge in [0, 0.05) is 50.7 Å². The zero-order chi connectivity index (χ0) is 17.2. The maximum absolute atomic E-state index is 12.8. The van der Waals surface area contributed by atoms with Crippen LogP contribution in [0.2, 0.25) is 0 Å². The second-order valence-electron chi connectivity index (χ2n) is 6.77. The SMILES string of the molecule is CN(C(=O)c1ccnc(C2CC2)n1)C1CCN(c2cnccn2)CC1. The van der Waals surface area contributed by atoms with E-state index < -0.39 is 0 Å². The van der Waals surface area contributed by atoms with Crippen molar-refractivity contribution in [3.05, 3.63) is 42.4 Å². The molecule has 0 bridgehead atoms. The summed E-state index contributed by atoms with van der Waals surface area (Å²) in [5.41, 5.74) is 0.510. The van der Waals surface area contributed by atoms with Crippen molar-refractivity contribution >= 4 is 11.7 Å². The highest BCUT2D eigenvalue weighted by atomic mass is 16.2. The molecule has 2 aliphatic rings. The van der Waals surface area contributed by atoms with Gasteiger partial charge in [0.25, 0.3) is 5.91 Å². The van der Waals surface area contributed by atoms with Crippen LogP contribution in [0, 0.1) is 0 Å². The van der Waals surface area contributed by atoms with Crippen LogP contribution in [-0.4, -0.2) is 56.9 Å². The molecule has 0 spiro atoms. The molecule has 25 heavy (non-hydrogen) atoms. The Kier molecular flexibility index (Phi) is 4.29. The molecule has 2 aromatic rings. The molecule has 0 radical (unpaired) electrons. The Morgan fingerprint density at radius 3 is 2.60 bits per heavy atom. The van der Waals surface area contributed by atoms with Gasteiger partial charge < -0.3 is 9.80 Å². The van der Waals surface area contributed by atoms with E-state index in [1.807, 2.05) is 11.9 Å². The lowest BCUT2D eigenvalue weighted by atomic mass is 10.0. The van der Waals surface area contributed by atoms with Gasteiger partial charge >= 0.3 is 0 Å². The van der Waals surface area contributed by atoms with Gasteiger partial charge in [-0.15, -0.1) is 0 Å². The smallest absolute Gasteiger partial charge is 0.272 e. The van der Waals surface area contributed by atoms with E-state index in [9.17, 15) is 4.79 Å². The first kappa shape index (κ1) is 15.9. The fraction of sp³-hybridized carbons (Fsp3) is 0.500. The Morgan fingerprint density at radius 1 is 1.12 bits per heavy atom. The summed E-state index contributed by atoms with van der Waals surface area (Å²) >= 11 is 0. The molecular weight excluding hydrogens is 316 g/mol. The van der Waals surface area contributed by atoms with Gasteiger partial charge in [-0.25, -0.2) is 15.0 Å². The Hall–Kier alpha value is -2.57. The monoisotopic (exact) mass is 338 g/mol. The molecule has 2 aromatic heterocycles. The molecule has 0 unspecified atom stereocenters. The predicted molar refractivity (Wildman–Crippen MR) is 93.4 cm³/mol. The van der Waals surface area contributed by atoms with Crippen LogP contribution < -0.4 is 4.90 Å². The van der Waals surface area contributed by atoms with E-state index >= 15 is 0 Å². The maximum atomic E-state index is 12.8. The second-order valence-corrected chi connectivity index (χ2v) is 6.77. The number of hydrogen-bond acceptors (Lipinski definition) is 6. The zero-order valence-corrected chi connectivity index (χ0v) is 14.4. The molecule has 7 heteroatoms. The van der Waals surface area contributed by atoms with Crippen LogP contribution in [0.25, 0.3) is 0 Å². The summed E-state index contributed by atoms with van der Waals surface area (Å²) in [6.45, 7) is 1.75. The van der Waals surface area contributed by atoms with E-state index in [1.165, 1.54) is 0 Å². The standard InChI is InChI=1S/C18H22N6O/c1-23(18(25)15-4-7-21-17(22-15)13-2-3-13)14-5-10-24(11-6-14)16-12-19-8-9-20-16/h4,7-9,12-14H,2-3,5-6,10-11H2,1H3. The molecule has 7 nitrogen and oxygen atoms in total. The third-order valence-corrected chi connectivity index (χ3v) is 5.04. The fourth-order valence-corrected chi connectivity index (χ4v) is 3.31. The molecule has 1 aliphatic heterocycles. The first-order chi connectivity index (χ1) is 12.2. The Labute approximate surface area is 147 Å². The topological polar surface area (TPSA) is 75.1 Å². The third-order valence-electron chi connectivity index (χ3n) is 5.04. The van der Waals surface area contributed by atoms with E-state index in [0.29, 0.717) is 11.6 Å². The van der Waals surface area contributed by atoms with Crippen LogP contribution in [0.1, 0.15) is 47.9 Å². The summed E-state index contributed by atoms with van der Waals surface area (Å²) in [7, 11) is 1.88. The van der Waals surface area contributed by atoms with E-state index in [0.717, 1.165) is 50.4 Å². The number of anilines is 1. The van der Waals surface area contributed by atoms with Crippen molar-refractivity contribution < 1.29 is 4.79 Å². The number of piperidine rings is 1. The maximum Gasteiger partial charge on any atom is 0.272 e. The van der Waals surface area contributed by atoms with E-state index in [1.54, 1.807) is 30.9 Å². The summed E-state index contributed by atoms with van der Waals surface area (Å²) in [6.07, 6.45) is 11.0. The minimum absolute atomic E-state index is 0.0118. The van der Waals surface area contributed by atoms with Crippen LogP contribution in [0.3, 0.4) is 0 Å². The average molecular weight is 338 g/mol. The van der Waals surface area contributed by atoms with Crippen LogP contribution in [-0.2, 0) is 0 Å². The molecule has 1 saturated carbocycles. The van der Waals surface area contributed by atoms with Gasteiger partial charge in [0.15, 0.2) is 0 Å². The van der Waals surface area contributed by atoms with Crippen molar-refractivity contribution in [2.45, 2.75) is 37.6 Å². The average Bonchev–Trinajstić information content (AvgIpc) is 3.53. The second kappa shape index (κ2) is 6.74. The van der Waals surface area contributed by atoms with Gasteiger partial charge in [-0.05, 0) is 31.7 Å². The third kappa shape index (κ3) is 3.45. The number of nitrogens with zero attached hydrogens (tertiary/aromatic N) is 6. The molecule has 4 rings (SSSR count). The molecule has 1 aliphatic carbocycles. The molecule has 0 aromatic carbocycles. The van der Waals surface area contributed by atoms with Crippen LogP contribution in [0.5, 0.6) is 0 Å². The molecule has 3 heterocycles. The molecule has 1 amide bonds. The Morgan fingerprint density at radius 2 is 1.92 bits per heavy atom. The molecule has 2 fully saturated rings. The largest absolute Gasteiger partial charge is 0.355 e. The number of carbonyl (C=O) groups excluding carboxylic acids is 1.